The average Bonchev–Trinajstić information content (AvgIpc) is 3.32. The van der Waals surface area contributed by atoms with Crippen molar-refractivity contribution in [1.29, 1.82) is 0 Å². The van der Waals surface area contributed by atoms with Gasteiger partial charge in [0.25, 0.3) is 0 Å². The first-order valence-electron chi connectivity index (χ1n) is 10.3. The average molecular weight is 365 g/mol. The van der Waals surface area contributed by atoms with Gasteiger partial charge in [-0.1, -0.05) is 18.2 Å². The summed E-state index contributed by atoms with van der Waals surface area (Å²) in [4.78, 5) is 20.6. The van der Waals surface area contributed by atoms with Crippen molar-refractivity contribution < 1.29 is 9.53 Å². The van der Waals surface area contributed by atoms with Crippen molar-refractivity contribution in [2.45, 2.75) is 56.9 Å². The van der Waals surface area contributed by atoms with Gasteiger partial charge in [-0.25, -0.2) is 4.98 Å². The number of benzene rings is 1. The zero-order chi connectivity index (χ0) is 18.4. The summed E-state index contributed by atoms with van der Waals surface area (Å²) in [5, 5.41) is 0. The van der Waals surface area contributed by atoms with Crippen LogP contribution in [0.1, 0.15) is 66.8 Å². The van der Waals surface area contributed by atoms with E-state index in [1.807, 2.05) is 24.3 Å². The highest BCUT2D eigenvalue weighted by Crippen LogP contribution is 2.40. The zero-order valence-corrected chi connectivity index (χ0v) is 16.0. The van der Waals surface area contributed by atoms with Crippen molar-refractivity contribution in [2.24, 2.45) is 7.05 Å². The highest BCUT2D eigenvalue weighted by atomic mass is 16.5. The van der Waals surface area contributed by atoms with Crippen molar-refractivity contribution in [2.75, 3.05) is 13.2 Å². The molecule has 3 heterocycles. The quantitative estimate of drug-likeness (QED) is 0.818. The normalized spacial score (nSPS) is 24.3. The van der Waals surface area contributed by atoms with Crippen LogP contribution in [0, 0.1) is 0 Å². The van der Waals surface area contributed by atoms with Crippen LogP contribution in [-0.2, 0) is 24.7 Å². The van der Waals surface area contributed by atoms with Gasteiger partial charge in [-0.05, 0) is 51.0 Å². The third kappa shape index (κ3) is 2.75. The molecule has 1 aromatic carbocycles. The zero-order valence-electron chi connectivity index (χ0n) is 16.0. The van der Waals surface area contributed by atoms with E-state index < -0.39 is 0 Å². The Kier molecular flexibility index (Phi) is 4.18. The van der Waals surface area contributed by atoms with Crippen LogP contribution in [-0.4, -0.2) is 33.5 Å². The summed E-state index contributed by atoms with van der Waals surface area (Å²) in [6, 6.07) is 8.11. The Labute approximate surface area is 160 Å². The number of hydrogen-bond donors (Lipinski definition) is 0. The number of likely N-dealkylation sites (tertiary alicyclic amines) is 1. The maximum absolute atomic E-state index is 13.5. The highest BCUT2D eigenvalue weighted by Gasteiger charge is 2.39. The number of amides is 1. The molecule has 2 atom stereocenters. The molecule has 5 heteroatoms. The second-order valence-corrected chi connectivity index (χ2v) is 8.05. The van der Waals surface area contributed by atoms with Crippen LogP contribution in [0.2, 0.25) is 0 Å². The lowest BCUT2D eigenvalue weighted by Crippen LogP contribution is -2.37. The van der Waals surface area contributed by atoms with Gasteiger partial charge in [-0.15, -0.1) is 0 Å². The van der Waals surface area contributed by atoms with Crippen LogP contribution in [0.25, 0.3) is 0 Å². The number of imidazole rings is 1. The third-order valence-electron chi connectivity index (χ3n) is 6.50. The van der Waals surface area contributed by atoms with Gasteiger partial charge in [-0.3, -0.25) is 4.79 Å². The molecule has 1 fully saturated rings. The minimum atomic E-state index is -0.0922. The van der Waals surface area contributed by atoms with E-state index in [0.29, 0.717) is 6.61 Å². The number of ether oxygens (including phenoxy) is 1. The number of carbonyl (C=O) groups excluding carboxylic acids is 1. The van der Waals surface area contributed by atoms with Gasteiger partial charge in [0.2, 0.25) is 5.91 Å². The number of nitrogens with zero attached hydrogens (tertiary/aromatic N) is 3. The molecule has 142 valence electrons. The van der Waals surface area contributed by atoms with Crippen molar-refractivity contribution in [3.8, 4) is 5.75 Å². The maximum Gasteiger partial charge on any atom is 0.231 e. The summed E-state index contributed by atoms with van der Waals surface area (Å²) in [7, 11) is 2.14. The fraction of sp³-hybridized carbons (Fsp3) is 0.545. The largest absolute Gasteiger partial charge is 0.493 e. The summed E-state index contributed by atoms with van der Waals surface area (Å²) in [5.41, 5.74) is 3.68. The smallest absolute Gasteiger partial charge is 0.231 e. The van der Waals surface area contributed by atoms with Gasteiger partial charge < -0.3 is 14.2 Å². The predicted octanol–water partition coefficient (Wildman–Crippen LogP) is 3.53. The monoisotopic (exact) mass is 365 g/mol. The van der Waals surface area contributed by atoms with Crippen molar-refractivity contribution >= 4 is 5.91 Å². The van der Waals surface area contributed by atoms with E-state index in [1.165, 1.54) is 24.2 Å². The number of rotatable bonds is 2. The molecule has 0 N–H and O–H groups in total. The first-order chi connectivity index (χ1) is 13.2. The lowest BCUT2D eigenvalue weighted by atomic mass is 9.91. The van der Waals surface area contributed by atoms with Gasteiger partial charge in [0, 0.05) is 24.8 Å². The highest BCUT2D eigenvalue weighted by molar-refractivity contribution is 5.85. The molecule has 0 saturated carbocycles. The molecule has 3 aliphatic rings. The second-order valence-electron chi connectivity index (χ2n) is 8.05. The summed E-state index contributed by atoms with van der Waals surface area (Å²) in [6.45, 7) is 1.45. The minimum absolute atomic E-state index is 0.0922. The van der Waals surface area contributed by atoms with Gasteiger partial charge in [0.05, 0.1) is 24.3 Å². The topological polar surface area (TPSA) is 47.4 Å². The molecular weight excluding hydrogens is 338 g/mol. The Hall–Kier alpha value is -2.30. The van der Waals surface area contributed by atoms with E-state index in [1.54, 1.807) is 0 Å². The van der Waals surface area contributed by atoms with Crippen LogP contribution < -0.4 is 4.74 Å². The fourth-order valence-electron chi connectivity index (χ4n) is 5.10. The number of hydrogen-bond acceptors (Lipinski definition) is 3. The maximum atomic E-state index is 13.5. The van der Waals surface area contributed by atoms with Crippen molar-refractivity contribution in [3.63, 3.8) is 0 Å². The van der Waals surface area contributed by atoms with Crippen molar-refractivity contribution in [1.82, 2.24) is 14.5 Å². The van der Waals surface area contributed by atoms with Crippen LogP contribution in [0.3, 0.4) is 0 Å². The molecule has 5 rings (SSSR count). The Morgan fingerprint density at radius 1 is 1.15 bits per heavy atom. The lowest BCUT2D eigenvalue weighted by Gasteiger charge is -2.31. The number of para-hydroxylation sites is 1. The third-order valence-corrected chi connectivity index (χ3v) is 6.50. The van der Waals surface area contributed by atoms with E-state index >= 15 is 0 Å². The molecule has 1 saturated heterocycles. The van der Waals surface area contributed by atoms with Crippen LogP contribution in [0.5, 0.6) is 5.75 Å². The molecule has 1 amide bonds. The molecule has 0 radical (unpaired) electrons. The molecule has 1 aromatic heterocycles. The fourth-order valence-corrected chi connectivity index (χ4v) is 5.10. The van der Waals surface area contributed by atoms with E-state index in [4.69, 9.17) is 9.72 Å². The predicted molar refractivity (Wildman–Crippen MR) is 103 cm³/mol. The Bertz CT molecular complexity index is 872. The van der Waals surface area contributed by atoms with Gasteiger partial charge in [0.15, 0.2) is 0 Å². The lowest BCUT2D eigenvalue weighted by molar-refractivity contribution is -0.134. The summed E-state index contributed by atoms with van der Waals surface area (Å²) >= 11 is 0. The second kappa shape index (κ2) is 6.70. The number of aryl methyl sites for hydroxylation is 1. The molecular formula is C22H27N3O2. The summed E-state index contributed by atoms with van der Waals surface area (Å²) in [6.07, 6.45) is 7.51. The SMILES string of the molecule is Cn1c(C2CCCN2C(=O)C2CCOc3ccccc32)nc2c1CCCC2. The molecule has 2 aliphatic heterocycles. The van der Waals surface area contributed by atoms with Crippen LogP contribution >= 0.6 is 0 Å². The van der Waals surface area contributed by atoms with Gasteiger partial charge >= 0.3 is 0 Å². The first-order valence-corrected chi connectivity index (χ1v) is 10.3. The number of carbonyl (C=O) groups is 1. The number of aromatic nitrogens is 2. The molecule has 0 bridgehead atoms. The van der Waals surface area contributed by atoms with Gasteiger partial charge in [-0.2, -0.15) is 0 Å². The Morgan fingerprint density at radius 3 is 2.89 bits per heavy atom. The van der Waals surface area contributed by atoms with Crippen LogP contribution in [0.15, 0.2) is 24.3 Å². The summed E-state index contributed by atoms with van der Waals surface area (Å²) in [5.74, 6) is 2.11. The molecule has 2 unspecified atom stereocenters. The van der Waals surface area contributed by atoms with E-state index in [-0.39, 0.29) is 17.9 Å². The minimum Gasteiger partial charge on any atom is -0.493 e. The van der Waals surface area contributed by atoms with Crippen molar-refractivity contribution in [3.05, 3.63) is 47.0 Å². The molecule has 1 aliphatic carbocycles. The molecule has 2 aromatic rings. The van der Waals surface area contributed by atoms with E-state index in [2.05, 4.69) is 16.5 Å². The van der Waals surface area contributed by atoms with E-state index in [9.17, 15) is 4.79 Å². The Morgan fingerprint density at radius 2 is 2.00 bits per heavy atom. The van der Waals surface area contributed by atoms with E-state index in [0.717, 1.165) is 55.8 Å². The standard InChI is InChI=1S/C22H27N3O2/c1-24-18-9-4-3-8-17(18)23-21(24)19-10-6-13-25(19)22(26)16-12-14-27-20-11-5-2-7-15(16)20/h2,5,7,11,16,19H,3-4,6,8-10,12-14H2,1H3. The molecule has 27 heavy (non-hydrogen) atoms. The van der Waals surface area contributed by atoms with Gasteiger partial charge in [0.1, 0.15) is 11.6 Å². The summed E-state index contributed by atoms with van der Waals surface area (Å²) < 4.78 is 8.05. The number of fused-ring (bicyclic) bond motifs is 2. The first kappa shape index (κ1) is 16.8. The van der Waals surface area contributed by atoms with Crippen LogP contribution in [0.4, 0.5) is 0 Å². The Balaban J connectivity index is 1.46. The molecule has 5 nitrogen and oxygen atoms in total. The molecule has 0 spiro atoms.